The molecule has 2 rings (SSSR count). The largest absolute Gasteiger partial charge is 0.243 e. The molecule has 0 saturated heterocycles. The summed E-state index contributed by atoms with van der Waals surface area (Å²) in [4.78, 5) is 0.489. The lowest BCUT2D eigenvalue weighted by Crippen LogP contribution is -2.30. The van der Waals surface area contributed by atoms with Gasteiger partial charge in [0, 0.05) is 19.3 Å². The number of aryl methyl sites for hydroxylation is 2. The number of sulfone groups is 1. The van der Waals surface area contributed by atoms with Crippen molar-refractivity contribution in [1.82, 2.24) is 4.31 Å². The Balaban J connectivity index is 2.37. The minimum atomic E-state index is -3.66. The molecule has 0 amide bonds. The summed E-state index contributed by atoms with van der Waals surface area (Å²) in [5.74, 6) is 0. The first kappa shape index (κ1) is 19.6. The van der Waals surface area contributed by atoms with Crippen LogP contribution in [0.15, 0.2) is 52.3 Å². The third kappa shape index (κ3) is 4.11. The van der Waals surface area contributed by atoms with E-state index in [1.165, 1.54) is 23.5 Å². The van der Waals surface area contributed by atoms with E-state index in [4.69, 9.17) is 0 Å². The van der Waals surface area contributed by atoms with Gasteiger partial charge in [-0.3, -0.25) is 0 Å². The van der Waals surface area contributed by atoms with Gasteiger partial charge in [0.25, 0.3) is 0 Å². The fourth-order valence-electron chi connectivity index (χ4n) is 2.66. The van der Waals surface area contributed by atoms with Gasteiger partial charge in [-0.05, 0) is 50.1 Å². The Bertz CT molecular complexity index is 978. The number of nitrogens with zero attached hydrogens (tertiary/aromatic N) is 1. The Morgan fingerprint density at radius 3 is 1.96 bits per heavy atom. The van der Waals surface area contributed by atoms with Gasteiger partial charge in [-0.25, -0.2) is 16.8 Å². The smallest absolute Gasteiger partial charge is 0.224 e. The molecular weight excluding hydrogens is 358 g/mol. The summed E-state index contributed by atoms with van der Waals surface area (Å²) in [7, 11) is -5.40. The quantitative estimate of drug-likeness (QED) is 0.798. The average Bonchev–Trinajstić information content (AvgIpc) is 2.52. The molecule has 0 spiro atoms. The van der Waals surface area contributed by atoms with E-state index in [2.05, 4.69) is 0 Å². The molecule has 0 bridgehead atoms. The molecule has 2 aromatic rings. The highest BCUT2D eigenvalue weighted by molar-refractivity contribution is 7.90. The average molecular weight is 382 g/mol. The van der Waals surface area contributed by atoms with Gasteiger partial charge < -0.3 is 0 Å². The summed E-state index contributed by atoms with van der Waals surface area (Å²) in [5, 5.41) is 0. The Kier molecular flexibility index (Phi) is 5.41. The first-order valence-electron chi connectivity index (χ1n) is 7.80. The molecule has 0 unspecified atom stereocenters. The molecule has 2 aromatic carbocycles. The van der Waals surface area contributed by atoms with Crippen LogP contribution >= 0.6 is 0 Å². The van der Waals surface area contributed by atoms with Gasteiger partial charge in [-0.15, -0.1) is 0 Å². The normalized spacial score (nSPS) is 13.8. The van der Waals surface area contributed by atoms with Gasteiger partial charge in [-0.2, -0.15) is 4.31 Å². The van der Waals surface area contributed by atoms with Crippen molar-refractivity contribution in [3.8, 4) is 0 Å². The van der Waals surface area contributed by atoms with Crippen molar-refractivity contribution < 1.29 is 16.8 Å². The predicted octanol–water partition coefficient (Wildman–Crippen LogP) is 3.09. The highest BCUT2D eigenvalue weighted by Crippen LogP contribution is 2.28. The van der Waals surface area contributed by atoms with Crippen LogP contribution in [0.25, 0.3) is 0 Å². The predicted molar refractivity (Wildman–Crippen MR) is 98.8 cm³/mol. The Morgan fingerprint density at radius 1 is 0.920 bits per heavy atom. The van der Waals surface area contributed by atoms with Gasteiger partial charge in [-0.1, -0.05) is 29.8 Å². The van der Waals surface area contributed by atoms with Crippen molar-refractivity contribution >= 4 is 19.9 Å². The maximum Gasteiger partial charge on any atom is 0.243 e. The van der Waals surface area contributed by atoms with Crippen molar-refractivity contribution in [3.63, 3.8) is 0 Å². The lowest BCUT2D eigenvalue weighted by Gasteiger charge is -2.25. The van der Waals surface area contributed by atoms with Gasteiger partial charge >= 0.3 is 0 Å². The van der Waals surface area contributed by atoms with E-state index in [0.717, 1.165) is 17.4 Å². The zero-order valence-corrected chi connectivity index (χ0v) is 16.6. The lowest BCUT2D eigenvalue weighted by atomic mass is 10.1. The van der Waals surface area contributed by atoms with E-state index in [1.807, 2.05) is 13.0 Å². The Labute approximate surface area is 150 Å². The van der Waals surface area contributed by atoms with Gasteiger partial charge in [0.15, 0.2) is 9.84 Å². The van der Waals surface area contributed by atoms with E-state index in [-0.39, 0.29) is 9.79 Å². The third-order valence-electron chi connectivity index (χ3n) is 4.32. The van der Waals surface area contributed by atoms with Gasteiger partial charge in [0.1, 0.15) is 0 Å². The molecule has 5 nitrogen and oxygen atoms in total. The zero-order valence-electron chi connectivity index (χ0n) is 15.0. The number of rotatable bonds is 5. The van der Waals surface area contributed by atoms with E-state index in [1.54, 1.807) is 38.1 Å². The van der Waals surface area contributed by atoms with Crippen LogP contribution in [-0.4, -0.2) is 34.4 Å². The number of hydrogen-bond acceptors (Lipinski definition) is 4. The van der Waals surface area contributed by atoms with Crippen LogP contribution in [0.2, 0.25) is 0 Å². The van der Waals surface area contributed by atoms with Crippen LogP contribution in [0, 0.1) is 13.8 Å². The summed E-state index contributed by atoms with van der Waals surface area (Å²) in [5.41, 5.74) is 2.43. The topological polar surface area (TPSA) is 71.5 Å². The zero-order chi connectivity index (χ0) is 19.0. The van der Waals surface area contributed by atoms with Gasteiger partial charge in [0.05, 0.1) is 9.79 Å². The molecule has 0 heterocycles. The highest BCUT2D eigenvalue weighted by Gasteiger charge is 2.27. The molecule has 0 saturated carbocycles. The van der Waals surface area contributed by atoms with Crippen LogP contribution in [0.5, 0.6) is 0 Å². The molecule has 7 heteroatoms. The summed E-state index contributed by atoms with van der Waals surface area (Å²) in [6, 6.07) is 11.1. The standard InChI is InChI=1S/C18H23NO4S2/c1-13-6-11-18(14(2)12-13)25(22,23)19(4)15(3)16-7-9-17(10-8-16)24(5,20)21/h6-12,15H,1-5H3/t15-/m0/s1. The molecule has 0 aliphatic rings. The summed E-state index contributed by atoms with van der Waals surface area (Å²) in [6.07, 6.45) is 1.14. The first-order chi connectivity index (χ1) is 11.4. The minimum Gasteiger partial charge on any atom is -0.224 e. The maximum atomic E-state index is 12.9. The van der Waals surface area contributed by atoms with Crippen molar-refractivity contribution in [2.75, 3.05) is 13.3 Å². The Morgan fingerprint density at radius 2 is 1.48 bits per heavy atom. The molecule has 0 aromatic heterocycles. The van der Waals surface area contributed by atoms with Crippen molar-refractivity contribution in [1.29, 1.82) is 0 Å². The fraction of sp³-hybridized carbons (Fsp3) is 0.333. The molecule has 0 aliphatic carbocycles. The molecular formula is C18H23NO4S2. The van der Waals surface area contributed by atoms with Crippen LogP contribution < -0.4 is 0 Å². The second-order valence-corrected chi connectivity index (χ2v) is 10.3. The van der Waals surface area contributed by atoms with E-state index >= 15 is 0 Å². The molecule has 0 aliphatic heterocycles. The van der Waals surface area contributed by atoms with E-state index < -0.39 is 25.9 Å². The van der Waals surface area contributed by atoms with Crippen LogP contribution in [0.1, 0.15) is 29.7 Å². The third-order valence-corrected chi connectivity index (χ3v) is 7.54. The van der Waals surface area contributed by atoms with E-state index in [0.29, 0.717) is 5.56 Å². The van der Waals surface area contributed by atoms with E-state index in [9.17, 15) is 16.8 Å². The SMILES string of the molecule is Cc1ccc(S(=O)(=O)N(C)[C@@H](C)c2ccc(S(C)(=O)=O)cc2)c(C)c1. The molecule has 0 N–H and O–H groups in total. The lowest BCUT2D eigenvalue weighted by molar-refractivity contribution is 0.398. The molecule has 136 valence electrons. The van der Waals surface area contributed by atoms with Crippen LogP contribution in [0.3, 0.4) is 0 Å². The monoisotopic (exact) mass is 381 g/mol. The summed E-state index contributed by atoms with van der Waals surface area (Å²) in [6.45, 7) is 5.47. The first-order valence-corrected chi connectivity index (χ1v) is 11.1. The number of hydrogen-bond donors (Lipinski definition) is 0. The summed E-state index contributed by atoms with van der Waals surface area (Å²) >= 11 is 0. The molecule has 25 heavy (non-hydrogen) atoms. The molecule has 0 radical (unpaired) electrons. The number of benzene rings is 2. The summed E-state index contributed by atoms with van der Waals surface area (Å²) < 4.78 is 50.3. The van der Waals surface area contributed by atoms with Crippen molar-refractivity contribution in [3.05, 3.63) is 59.2 Å². The minimum absolute atomic E-state index is 0.211. The molecule has 0 fully saturated rings. The second kappa shape index (κ2) is 6.90. The van der Waals surface area contributed by atoms with Crippen LogP contribution in [-0.2, 0) is 19.9 Å². The fourth-order valence-corrected chi connectivity index (χ4v) is 4.84. The Hall–Kier alpha value is -1.70. The maximum absolute atomic E-state index is 12.9. The van der Waals surface area contributed by atoms with Crippen molar-refractivity contribution in [2.45, 2.75) is 36.6 Å². The molecule has 1 atom stereocenters. The van der Waals surface area contributed by atoms with Gasteiger partial charge in [0.2, 0.25) is 10.0 Å². The number of sulfonamides is 1. The van der Waals surface area contributed by atoms with Crippen molar-refractivity contribution in [2.24, 2.45) is 0 Å². The second-order valence-electron chi connectivity index (χ2n) is 6.31. The van der Waals surface area contributed by atoms with Crippen LogP contribution in [0.4, 0.5) is 0 Å². The highest BCUT2D eigenvalue weighted by atomic mass is 32.2.